The highest BCUT2D eigenvalue weighted by Gasteiger charge is 2.21. The predicted octanol–water partition coefficient (Wildman–Crippen LogP) is 8.00. The van der Waals surface area contributed by atoms with Crippen LogP contribution in [0.25, 0.3) is 28.0 Å². The Bertz CT molecular complexity index is 1810. The Morgan fingerprint density at radius 1 is 0.535 bits per heavy atom. The minimum Gasteiger partial charge on any atom is -0.497 e. The Labute approximate surface area is 250 Å². The summed E-state index contributed by atoms with van der Waals surface area (Å²) in [5.74, 6) is 4.46. The number of amidine groups is 1. The summed E-state index contributed by atoms with van der Waals surface area (Å²) in [5.41, 5.74) is 7.58. The van der Waals surface area contributed by atoms with Crippen molar-refractivity contribution in [3.05, 3.63) is 120 Å². The number of nitrogens with zero attached hydrogens (tertiary/aromatic N) is 2. The van der Waals surface area contributed by atoms with E-state index in [9.17, 15) is 0 Å². The summed E-state index contributed by atoms with van der Waals surface area (Å²) >= 11 is 0. The molecule has 5 aromatic rings. The van der Waals surface area contributed by atoms with Gasteiger partial charge in [0.15, 0.2) is 5.84 Å². The van der Waals surface area contributed by atoms with Gasteiger partial charge in [-0.15, -0.1) is 0 Å². The molecule has 0 fully saturated rings. The van der Waals surface area contributed by atoms with Crippen LogP contribution in [0.5, 0.6) is 23.0 Å². The molecule has 1 aromatic heterocycles. The number of benzene rings is 4. The molecule has 0 bridgehead atoms. The zero-order valence-electron chi connectivity index (χ0n) is 24.4. The molecule has 0 unspecified atom stereocenters. The molecule has 0 saturated heterocycles. The quantitative estimate of drug-likeness (QED) is 0.195. The monoisotopic (exact) mass is 569 g/mol. The Hall–Kier alpha value is -5.56. The van der Waals surface area contributed by atoms with Crippen molar-refractivity contribution in [1.29, 1.82) is 0 Å². The van der Waals surface area contributed by atoms with Gasteiger partial charge in [-0.2, -0.15) is 0 Å². The van der Waals surface area contributed by atoms with Crippen molar-refractivity contribution >= 4 is 22.9 Å². The van der Waals surface area contributed by atoms with E-state index in [2.05, 4.69) is 17.1 Å². The van der Waals surface area contributed by atoms with Gasteiger partial charge in [-0.05, 0) is 102 Å². The maximum absolute atomic E-state index is 5.40. The molecule has 0 atom stereocenters. The molecule has 0 radical (unpaired) electrons. The maximum Gasteiger partial charge on any atom is 0.162 e. The molecule has 4 aromatic carbocycles. The highest BCUT2D eigenvalue weighted by atomic mass is 16.5. The zero-order chi connectivity index (χ0) is 29.8. The molecule has 1 aliphatic rings. The molecule has 7 heteroatoms. The second-order valence-electron chi connectivity index (χ2n) is 9.85. The molecule has 2 heterocycles. The molecular formula is C36H31N3O4. The molecular weight excluding hydrogens is 538 g/mol. The van der Waals surface area contributed by atoms with Gasteiger partial charge in [0.2, 0.25) is 0 Å². The Kier molecular flexibility index (Phi) is 7.78. The SMILES string of the molecule is COc1ccc(C2=CC(c3ccc(OC)cc3)=N/C2=N\c2[nH]c(-c3ccc(OC)cc3)cc2-c2ccc(OC)cc2)cc1. The van der Waals surface area contributed by atoms with E-state index in [1.54, 1.807) is 28.4 Å². The first-order valence-electron chi connectivity index (χ1n) is 13.8. The molecule has 1 N–H and O–H groups in total. The van der Waals surface area contributed by atoms with Gasteiger partial charge in [0.25, 0.3) is 0 Å². The number of rotatable bonds is 9. The lowest BCUT2D eigenvalue weighted by Crippen LogP contribution is -1.96. The summed E-state index contributed by atoms with van der Waals surface area (Å²) in [4.78, 5) is 13.7. The van der Waals surface area contributed by atoms with Crippen molar-refractivity contribution in [2.45, 2.75) is 0 Å². The molecule has 7 nitrogen and oxygen atoms in total. The predicted molar refractivity (Wildman–Crippen MR) is 172 cm³/mol. The first kappa shape index (κ1) is 27.6. The zero-order valence-corrected chi connectivity index (χ0v) is 24.4. The van der Waals surface area contributed by atoms with E-state index < -0.39 is 0 Å². The number of allylic oxidation sites excluding steroid dienone is 1. The van der Waals surface area contributed by atoms with E-state index in [4.69, 9.17) is 28.9 Å². The number of aromatic nitrogens is 1. The van der Waals surface area contributed by atoms with Gasteiger partial charge in [-0.3, -0.25) is 0 Å². The summed E-state index contributed by atoms with van der Waals surface area (Å²) in [6.45, 7) is 0. The first-order chi connectivity index (χ1) is 21.1. The van der Waals surface area contributed by atoms with Crippen molar-refractivity contribution in [2.75, 3.05) is 28.4 Å². The van der Waals surface area contributed by atoms with Crippen LogP contribution < -0.4 is 18.9 Å². The van der Waals surface area contributed by atoms with Crippen LogP contribution >= 0.6 is 0 Å². The first-order valence-corrected chi connectivity index (χ1v) is 13.8. The van der Waals surface area contributed by atoms with E-state index in [1.165, 1.54) is 0 Å². The maximum atomic E-state index is 5.40. The second kappa shape index (κ2) is 12.1. The number of hydrogen-bond acceptors (Lipinski definition) is 5. The van der Waals surface area contributed by atoms with Gasteiger partial charge in [0.05, 0.1) is 34.2 Å². The number of nitrogens with one attached hydrogen (secondary N) is 1. The topological polar surface area (TPSA) is 77.4 Å². The average molecular weight is 570 g/mol. The molecule has 0 saturated carbocycles. The number of ether oxygens (including phenoxy) is 4. The van der Waals surface area contributed by atoms with Crippen LogP contribution in [0.2, 0.25) is 0 Å². The van der Waals surface area contributed by atoms with Crippen molar-refractivity contribution in [3.8, 4) is 45.4 Å². The highest BCUT2D eigenvalue weighted by Crippen LogP contribution is 2.38. The molecule has 0 aliphatic carbocycles. The summed E-state index contributed by atoms with van der Waals surface area (Å²) in [6.07, 6.45) is 2.07. The van der Waals surface area contributed by atoms with E-state index in [-0.39, 0.29) is 0 Å². The van der Waals surface area contributed by atoms with E-state index in [0.29, 0.717) is 11.7 Å². The van der Waals surface area contributed by atoms with Crippen molar-refractivity contribution in [1.82, 2.24) is 4.98 Å². The van der Waals surface area contributed by atoms with E-state index in [1.807, 2.05) is 97.1 Å². The van der Waals surface area contributed by atoms with Gasteiger partial charge < -0.3 is 23.9 Å². The van der Waals surface area contributed by atoms with Crippen LogP contribution in [-0.2, 0) is 0 Å². The van der Waals surface area contributed by atoms with E-state index >= 15 is 0 Å². The van der Waals surface area contributed by atoms with Crippen LogP contribution in [0.3, 0.4) is 0 Å². The summed E-state index contributed by atoms with van der Waals surface area (Å²) in [5, 5.41) is 0. The fourth-order valence-corrected chi connectivity index (χ4v) is 4.94. The van der Waals surface area contributed by atoms with Crippen LogP contribution in [0, 0.1) is 0 Å². The molecule has 214 valence electrons. The number of H-pyrrole nitrogens is 1. The lowest BCUT2D eigenvalue weighted by molar-refractivity contribution is 0.414. The number of aromatic amines is 1. The number of methoxy groups -OCH3 is 4. The van der Waals surface area contributed by atoms with Gasteiger partial charge in [-0.25, -0.2) is 9.98 Å². The lowest BCUT2D eigenvalue weighted by atomic mass is 10.0. The van der Waals surface area contributed by atoms with Crippen molar-refractivity contribution in [3.63, 3.8) is 0 Å². The molecule has 6 rings (SSSR count). The molecule has 0 spiro atoms. The standard InChI is InChI=1S/C36H31N3O4/c1-40-27-13-5-23(6-14-27)31-21-33(25-9-17-29(42-3)18-10-25)37-35(31)39-36-32(24-7-15-28(41-2)16-8-24)22-34(38-36)26-11-19-30(43-4)20-12-26/h5-22,37H,1-4H3/b39-36-. The normalized spacial score (nSPS) is 13.4. The van der Waals surface area contributed by atoms with Crippen LogP contribution in [0.1, 0.15) is 11.1 Å². The Morgan fingerprint density at radius 2 is 0.977 bits per heavy atom. The van der Waals surface area contributed by atoms with Crippen LogP contribution in [0.4, 0.5) is 5.82 Å². The molecule has 1 aliphatic heterocycles. The van der Waals surface area contributed by atoms with Gasteiger partial charge in [0.1, 0.15) is 28.8 Å². The summed E-state index contributed by atoms with van der Waals surface area (Å²) in [6, 6.07) is 33.8. The number of aliphatic imine (C=N–C) groups is 2. The fourth-order valence-electron chi connectivity index (χ4n) is 4.94. The number of hydrogen-bond donors (Lipinski definition) is 1. The van der Waals surface area contributed by atoms with Crippen molar-refractivity contribution < 1.29 is 18.9 Å². The van der Waals surface area contributed by atoms with Gasteiger partial charge in [0, 0.05) is 22.4 Å². The summed E-state index contributed by atoms with van der Waals surface area (Å²) in [7, 11) is 6.64. The van der Waals surface area contributed by atoms with Crippen molar-refractivity contribution in [2.24, 2.45) is 9.98 Å². The summed E-state index contributed by atoms with van der Waals surface area (Å²) < 4.78 is 21.5. The Balaban J connectivity index is 1.49. The van der Waals surface area contributed by atoms with Gasteiger partial charge in [-0.1, -0.05) is 24.3 Å². The minimum absolute atomic E-state index is 0.605. The third-order valence-electron chi connectivity index (χ3n) is 7.35. The molecule has 0 amide bonds. The lowest BCUT2D eigenvalue weighted by Gasteiger charge is -2.06. The largest absolute Gasteiger partial charge is 0.497 e. The minimum atomic E-state index is 0.605. The third-order valence-corrected chi connectivity index (χ3v) is 7.35. The second-order valence-corrected chi connectivity index (χ2v) is 9.85. The Morgan fingerprint density at radius 3 is 1.47 bits per heavy atom. The molecule has 43 heavy (non-hydrogen) atoms. The highest BCUT2D eigenvalue weighted by molar-refractivity contribution is 6.38. The third kappa shape index (κ3) is 5.78. The van der Waals surface area contributed by atoms with E-state index in [0.717, 1.165) is 67.8 Å². The fraction of sp³-hybridized carbons (Fsp3) is 0.111. The van der Waals surface area contributed by atoms with Crippen LogP contribution in [-0.4, -0.2) is 45.0 Å². The smallest absolute Gasteiger partial charge is 0.162 e. The van der Waals surface area contributed by atoms with Crippen LogP contribution in [0.15, 0.2) is 119 Å². The average Bonchev–Trinajstić information content (AvgIpc) is 3.70. The van der Waals surface area contributed by atoms with Gasteiger partial charge >= 0.3 is 0 Å².